The Labute approximate surface area is 108 Å². The van der Waals surface area contributed by atoms with Crippen LogP contribution < -0.4 is 5.14 Å². The molecule has 0 aromatic carbocycles. The topological polar surface area (TPSA) is 87.0 Å². The first-order valence-electron chi connectivity index (χ1n) is 6.30. The van der Waals surface area contributed by atoms with Crippen LogP contribution in [-0.4, -0.2) is 67.8 Å². The quantitative estimate of drug-likeness (QED) is 0.694. The summed E-state index contributed by atoms with van der Waals surface area (Å²) in [5.74, 6) is 0. The summed E-state index contributed by atoms with van der Waals surface area (Å²) < 4.78 is 23.5. The van der Waals surface area contributed by atoms with Gasteiger partial charge in [-0.15, -0.1) is 0 Å². The lowest BCUT2D eigenvalue weighted by Gasteiger charge is -2.37. The zero-order chi connectivity index (χ0) is 13.2. The van der Waals surface area contributed by atoms with Crippen LogP contribution in [0, 0.1) is 0 Å². The molecule has 104 valence electrons. The number of rotatable bonds is 1. The average molecular weight is 276 g/mol. The van der Waals surface area contributed by atoms with E-state index < -0.39 is 10.2 Å². The molecule has 8 heteroatoms. The van der Waals surface area contributed by atoms with Gasteiger partial charge in [-0.2, -0.15) is 12.7 Å². The molecule has 0 unspecified atom stereocenters. The number of nitrogens with two attached hydrogens (primary N) is 1. The summed E-state index contributed by atoms with van der Waals surface area (Å²) in [5, 5.41) is 5.06. The lowest BCUT2D eigenvalue weighted by molar-refractivity contribution is 0.126. The molecule has 2 fully saturated rings. The molecule has 0 atom stereocenters. The largest absolute Gasteiger partial charge is 0.325 e. The van der Waals surface area contributed by atoms with Gasteiger partial charge in [-0.1, -0.05) is 0 Å². The minimum atomic E-state index is -3.62. The maximum absolute atomic E-state index is 12.2. The minimum Gasteiger partial charge on any atom is -0.325 e. The molecule has 0 bridgehead atoms. The fourth-order valence-corrected chi connectivity index (χ4v) is 3.09. The summed E-state index contributed by atoms with van der Waals surface area (Å²) >= 11 is 0. The first-order chi connectivity index (χ1) is 8.48. The first kappa shape index (κ1) is 13.6. The summed E-state index contributed by atoms with van der Waals surface area (Å²) in [6.07, 6.45) is 3.30. The van der Waals surface area contributed by atoms with Gasteiger partial charge in [-0.3, -0.25) is 0 Å². The third-order valence-electron chi connectivity index (χ3n) is 3.50. The van der Waals surface area contributed by atoms with Gasteiger partial charge in [0.05, 0.1) is 0 Å². The molecule has 2 rings (SSSR count). The third-order valence-corrected chi connectivity index (χ3v) is 4.58. The van der Waals surface area contributed by atoms with Crippen LogP contribution in [-0.2, 0) is 10.2 Å². The van der Waals surface area contributed by atoms with Gasteiger partial charge in [-0.25, -0.2) is 9.93 Å². The van der Waals surface area contributed by atoms with Crippen molar-refractivity contribution in [3.8, 4) is 0 Å². The van der Waals surface area contributed by atoms with Gasteiger partial charge < -0.3 is 9.80 Å². The van der Waals surface area contributed by atoms with E-state index in [0.29, 0.717) is 26.2 Å². The van der Waals surface area contributed by atoms with Crippen LogP contribution >= 0.6 is 0 Å². The lowest BCUT2D eigenvalue weighted by atomic mass is 10.1. The normalized spacial score (nSPS) is 23.2. The van der Waals surface area contributed by atoms with Crippen molar-refractivity contribution in [1.29, 1.82) is 0 Å². The molecule has 2 amide bonds. The van der Waals surface area contributed by atoms with E-state index in [1.165, 1.54) is 10.7 Å². The van der Waals surface area contributed by atoms with Crippen LogP contribution in [0.2, 0.25) is 0 Å². The van der Waals surface area contributed by atoms with Gasteiger partial charge in [0.25, 0.3) is 10.2 Å². The fraction of sp³-hybridized carbons (Fsp3) is 0.900. The monoisotopic (exact) mass is 276 g/mol. The number of carbonyl (C=O) groups excluding carboxylic acids is 1. The molecule has 7 nitrogen and oxygen atoms in total. The van der Waals surface area contributed by atoms with E-state index >= 15 is 0 Å². The van der Waals surface area contributed by atoms with E-state index in [4.69, 9.17) is 5.14 Å². The Kier molecular flexibility index (Phi) is 4.08. The molecular weight excluding hydrogens is 256 g/mol. The highest BCUT2D eigenvalue weighted by atomic mass is 32.2. The van der Waals surface area contributed by atoms with E-state index in [-0.39, 0.29) is 6.03 Å². The van der Waals surface area contributed by atoms with Crippen molar-refractivity contribution in [2.75, 3.05) is 39.3 Å². The number of piperidine rings is 1. The van der Waals surface area contributed by atoms with Crippen molar-refractivity contribution in [2.24, 2.45) is 5.14 Å². The molecule has 0 spiro atoms. The smallest absolute Gasteiger partial charge is 0.320 e. The Balaban J connectivity index is 1.87. The maximum atomic E-state index is 12.2. The predicted octanol–water partition coefficient (Wildman–Crippen LogP) is -0.587. The Morgan fingerprint density at radius 1 is 0.833 bits per heavy atom. The lowest BCUT2D eigenvalue weighted by Crippen LogP contribution is -2.55. The van der Waals surface area contributed by atoms with Crippen LogP contribution in [0.1, 0.15) is 19.3 Å². The van der Waals surface area contributed by atoms with Gasteiger partial charge in [0, 0.05) is 39.3 Å². The number of nitrogens with zero attached hydrogens (tertiary/aromatic N) is 3. The molecule has 0 radical (unpaired) electrons. The Morgan fingerprint density at radius 2 is 1.33 bits per heavy atom. The highest BCUT2D eigenvalue weighted by Crippen LogP contribution is 2.13. The number of likely N-dealkylation sites (tertiary alicyclic amines) is 1. The molecule has 2 aliphatic rings. The second-order valence-corrected chi connectivity index (χ2v) is 6.31. The molecule has 18 heavy (non-hydrogen) atoms. The molecule has 2 heterocycles. The van der Waals surface area contributed by atoms with Crippen LogP contribution in [0.5, 0.6) is 0 Å². The molecular formula is C10H20N4O3S. The number of hydrogen-bond acceptors (Lipinski definition) is 3. The van der Waals surface area contributed by atoms with Gasteiger partial charge >= 0.3 is 6.03 Å². The van der Waals surface area contributed by atoms with E-state index in [2.05, 4.69) is 0 Å². The molecule has 2 aliphatic heterocycles. The zero-order valence-electron chi connectivity index (χ0n) is 10.4. The standard InChI is InChI=1S/C10H20N4O3S/c11-18(16,17)14-8-6-13(7-9-14)10(15)12-4-2-1-3-5-12/h1-9H2,(H2,11,16,17). The maximum Gasteiger partial charge on any atom is 0.320 e. The van der Waals surface area contributed by atoms with Crippen LogP contribution in [0.15, 0.2) is 0 Å². The average Bonchev–Trinajstić information content (AvgIpc) is 2.38. The molecule has 0 aromatic rings. The second kappa shape index (κ2) is 5.41. The third kappa shape index (κ3) is 3.12. The Bertz CT molecular complexity index is 397. The van der Waals surface area contributed by atoms with E-state index in [0.717, 1.165) is 25.9 Å². The molecule has 2 saturated heterocycles. The van der Waals surface area contributed by atoms with Crippen molar-refractivity contribution in [1.82, 2.24) is 14.1 Å². The first-order valence-corrected chi connectivity index (χ1v) is 7.80. The van der Waals surface area contributed by atoms with Crippen molar-refractivity contribution < 1.29 is 13.2 Å². The predicted molar refractivity (Wildman–Crippen MR) is 67.1 cm³/mol. The van der Waals surface area contributed by atoms with Crippen molar-refractivity contribution >= 4 is 16.2 Å². The van der Waals surface area contributed by atoms with Crippen LogP contribution in [0.4, 0.5) is 4.79 Å². The summed E-state index contributed by atoms with van der Waals surface area (Å²) in [7, 11) is -3.62. The molecule has 0 aromatic heterocycles. The summed E-state index contributed by atoms with van der Waals surface area (Å²) in [6, 6.07) is 0.0313. The number of piperazine rings is 1. The zero-order valence-corrected chi connectivity index (χ0v) is 11.2. The van der Waals surface area contributed by atoms with Crippen LogP contribution in [0.25, 0.3) is 0 Å². The van der Waals surface area contributed by atoms with Crippen molar-refractivity contribution in [2.45, 2.75) is 19.3 Å². The highest BCUT2D eigenvalue weighted by molar-refractivity contribution is 7.86. The highest BCUT2D eigenvalue weighted by Gasteiger charge is 2.29. The number of amides is 2. The number of urea groups is 1. The number of carbonyl (C=O) groups is 1. The SMILES string of the molecule is NS(=O)(=O)N1CCN(C(=O)N2CCCCC2)CC1. The van der Waals surface area contributed by atoms with Gasteiger partial charge in [0.1, 0.15) is 0 Å². The molecule has 0 aliphatic carbocycles. The number of hydrogen-bond donors (Lipinski definition) is 1. The minimum absolute atomic E-state index is 0.0313. The van der Waals surface area contributed by atoms with Gasteiger partial charge in [0.2, 0.25) is 0 Å². The van der Waals surface area contributed by atoms with Gasteiger partial charge in [-0.05, 0) is 19.3 Å². The Hall–Kier alpha value is -0.860. The molecule has 0 saturated carbocycles. The summed E-state index contributed by atoms with van der Waals surface area (Å²) in [5.41, 5.74) is 0. The second-order valence-electron chi connectivity index (χ2n) is 4.76. The van der Waals surface area contributed by atoms with E-state index in [1.807, 2.05) is 4.90 Å². The van der Waals surface area contributed by atoms with Gasteiger partial charge in [0.15, 0.2) is 0 Å². The summed E-state index contributed by atoms with van der Waals surface area (Å²) in [4.78, 5) is 15.7. The van der Waals surface area contributed by atoms with Crippen LogP contribution in [0.3, 0.4) is 0 Å². The van der Waals surface area contributed by atoms with Crippen molar-refractivity contribution in [3.05, 3.63) is 0 Å². The fourth-order valence-electron chi connectivity index (χ4n) is 2.42. The molecule has 2 N–H and O–H groups in total. The van der Waals surface area contributed by atoms with E-state index in [1.54, 1.807) is 4.90 Å². The van der Waals surface area contributed by atoms with Crippen molar-refractivity contribution in [3.63, 3.8) is 0 Å². The Morgan fingerprint density at radius 3 is 1.83 bits per heavy atom. The summed E-state index contributed by atoms with van der Waals surface area (Å²) in [6.45, 7) is 3.05. The van der Waals surface area contributed by atoms with E-state index in [9.17, 15) is 13.2 Å².